The lowest BCUT2D eigenvalue weighted by Gasteiger charge is -2.22. The molecule has 0 rings (SSSR count). The summed E-state index contributed by atoms with van der Waals surface area (Å²) < 4.78 is 16.3. The summed E-state index contributed by atoms with van der Waals surface area (Å²) in [4.78, 5) is 0. The van der Waals surface area contributed by atoms with Gasteiger partial charge in [0.25, 0.3) is 0 Å². The normalized spacial score (nSPS) is 11.9. The zero-order chi connectivity index (χ0) is 10.9. The molecule has 0 radical (unpaired) electrons. The third-order valence-electron chi connectivity index (χ3n) is 1.59. The van der Waals surface area contributed by atoms with E-state index in [9.17, 15) is 0 Å². The summed E-state index contributed by atoms with van der Waals surface area (Å²) in [5.41, 5.74) is 3.62. The fraction of sp³-hybridized carbons (Fsp3) is 0.600. The van der Waals surface area contributed by atoms with Crippen LogP contribution in [0.3, 0.4) is 0 Å². The largest absolute Gasteiger partial charge is 0.502 e. The zero-order valence-electron chi connectivity index (χ0n) is 9.29. The first kappa shape index (κ1) is 13.4. The van der Waals surface area contributed by atoms with Gasteiger partial charge in [0, 0.05) is 13.2 Å². The van der Waals surface area contributed by atoms with E-state index in [1.807, 2.05) is 26.5 Å². The molecule has 14 heavy (non-hydrogen) atoms. The molecule has 3 nitrogen and oxygen atoms in total. The molecule has 0 atom stereocenters. The highest BCUT2D eigenvalue weighted by Crippen LogP contribution is 2.10. The molecular weight excluding hydrogens is 196 g/mol. The second kappa shape index (κ2) is 7.79. The number of hydrogen-bond acceptors (Lipinski definition) is 3. The van der Waals surface area contributed by atoms with E-state index < -0.39 is 8.56 Å². The van der Waals surface area contributed by atoms with Crippen LogP contribution in [0.2, 0.25) is 0 Å². The standard InChI is InChI=1S/C10H20O3Si/c1-5-11-9-10-14(8-4,12-6-2)13-7-3/h8-10H,4-7H2,1-3H3. The number of rotatable bonds is 8. The highest BCUT2D eigenvalue weighted by atomic mass is 28.4. The first-order chi connectivity index (χ1) is 6.74. The fourth-order valence-corrected chi connectivity index (χ4v) is 2.85. The van der Waals surface area contributed by atoms with E-state index in [1.165, 1.54) is 0 Å². The minimum Gasteiger partial charge on any atom is -0.502 e. The van der Waals surface area contributed by atoms with Crippen LogP contribution in [0.5, 0.6) is 0 Å². The maximum absolute atomic E-state index is 5.60. The summed E-state index contributed by atoms with van der Waals surface area (Å²) >= 11 is 0. The van der Waals surface area contributed by atoms with Crippen molar-refractivity contribution in [1.29, 1.82) is 0 Å². The summed E-state index contributed by atoms with van der Waals surface area (Å²) in [6.07, 6.45) is 1.64. The average molecular weight is 216 g/mol. The Bertz CT molecular complexity index is 174. The summed E-state index contributed by atoms with van der Waals surface area (Å²) in [6.45, 7) is 11.5. The number of hydrogen-bond donors (Lipinski definition) is 0. The first-order valence-electron chi connectivity index (χ1n) is 4.95. The van der Waals surface area contributed by atoms with Crippen LogP contribution in [0.4, 0.5) is 0 Å². The second-order valence-corrected chi connectivity index (χ2v) is 5.31. The lowest BCUT2D eigenvalue weighted by molar-refractivity contribution is 0.203. The Morgan fingerprint density at radius 1 is 1.07 bits per heavy atom. The molecule has 0 aliphatic rings. The van der Waals surface area contributed by atoms with E-state index in [0.29, 0.717) is 19.8 Å². The van der Waals surface area contributed by atoms with Crippen molar-refractivity contribution in [1.82, 2.24) is 0 Å². The van der Waals surface area contributed by atoms with E-state index in [0.717, 1.165) is 0 Å². The minimum atomic E-state index is -2.35. The Balaban J connectivity index is 4.39. The highest BCUT2D eigenvalue weighted by molar-refractivity contribution is 6.77. The molecule has 0 saturated heterocycles. The molecule has 0 aromatic heterocycles. The van der Waals surface area contributed by atoms with Gasteiger partial charge in [-0.05, 0) is 32.2 Å². The van der Waals surface area contributed by atoms with Crippen LogP contribution < -0.4 is 0 Å². The predicted octanol–water partition coefficient (Wildman–Crippen LogP) is 2.32. The van der Waals surface area contributed by atoms with Crippen LogP contribution in [0, 0.1) is 0 Å². The summed E-state index contributed by atoms with van der Waals surface area (Å²) in [7, 11) is -2.35. The Kier molecular flexibility index (Phi) is 7.46. The van der Waals surface area contributed by atoms with Crippen LogP contribution in [-0.2, 0) is 13.6 Å². The molecule has 82 valence electrons. The molecule has 0 heterocycles. The van der Waals surface area contributed by atoms with Gasteiger partial charge >= 0.3 is 8.56 Å². The first-order valence-corrected chi connectivity index (χ1v) is 6.92. The van der Waals surface area contributed by atoms with Gasteiger partial charge in [0.15, 0.2) is 0 Å². The second-order valence-electron chi connectivity index (χ2n) is 2.55. The van der Waals surface area contributed by atoms with Crippen molar-refractivity contribution in [3.63, 3.8) is 0 Å². The summed E-state index contributed by atoms with van der Waals surface area (Å²) in [6, 6.07) is 0. The molecule has 0 unspecified atom stereocenters. The van der Waals surface area contributed by atoms with Crippen LogP contribution in [-0.4, -0.2) is 28.4 Å². The lowest BCUT2D eigenvalue weighted by Crippen LogP contribution is -2.38. The summed E-state index contributed by atoms with van der Waals surface area (Å²) in [5, 5.41) is 0. The van der Waals surface area contributed by atoms with E-state index in [4.69, 9.17) is 13.6 Å². The fourth-order valence-electron chi connectivity index (χ4n) is 1.01. The van der Waals surface area contributed by atoms with Crippen molar-refractivity contribution >= 4 is 8.56 Å². The van der Waals surface area contributed by atoms with Gasteiger partial charge in [0.1, 0.15) is 0 Å². The predicted molar refractivity (Wildman–Crippen MR) is 60.0 cm³/mol. The van der Waals surface area contributed by atoms with E-state index in [-0.39, 0.29) is 0 Å². The monoisotopic (exact) mass is 216 g/mol. The molecule has 4 heteroatoms. The quantitative estimate of drug-likeness (QED) is 0.460. The molecule has 0 saturated carbocycles. The Hall–Kier alpha value is -0.583. The van der Waals surface area contributed by atoms with Crippen molar-refractivity contribution in [3.8, 4) is 0 Å². The van der Waals surface area contributed by atoms with Crippen molar-refractivity contribution in [2.24, 2.45) is 0 Å². The average Bonchev–Trinajstić information content (AvgIpc) is 2.19. The molecule has 0 spiro atoms. The van der Waals surface area contributed by atoms with Gasteiger partial charge in [-0.2, -0.15) is 0 Å². The molecule has 0 bridgehead atoms. The van der Waals surface area contributed by atoms with Crippen molar-refractivity contribution in [3.05, 3.63) is 24.2 Å². The number of ether oxygens (including phenoxy) is 1. The van der Waals surface area contributed by atoms with Gasteiger partial charge in [0.05, 0.1) is 12.9 Å². The molecule has 0 aliphatic heterocycles. The third-order valence-corrected chi connectivity index (χ3v) is 4.24. The molecule has 0 aromatic rings. The lowest BCUT2D eigenvalue weighted by atomic mass is 10.9. The van der Waals surface area contributed by atoms with E-state index in [2.05, 4.69) is 6.58 Å². The zero-order valence-corrected chi connectivity index (χ0v) is 10.3. The van der Waals surface area contributed by atoms with Crippen molar-refractivity contribution in [2.45, 2.75) is 20.8 Å². The van der Waals surface area contributed by atoms with Crippen LogP contribution >= 0.6 is 0 Å². The van der Waals surface area contributed by atoms with Crippen molar-refractivity contribution < 1.29 is 13.6 Å². The van der Waals surface area contributed by atoms with Gasteiger partial charge in [-0.25, -0.2) is 0 Å². The molecular formula is C10H20O3Si. The van der Waals surface area contributed by atoms with Crippen LogP contribution in [0.1, 0.15) is 20.8 Å². The molecule has 0 amide bonds. The van der Waals surface area contributed by atoms with E-state index in [1.54, 1.807) is 12.0 Å². The maximum atomic E-state index is 5.60. The van der Waals surface area contributed by atoms with Gasteiger partial charge in [-0.3, -0.25) is 0 Å². The topological polar surface area (TPSA) is 27.7 Å². The van der Waals surface area contributed by atoms with Crippen LogP contribution in [0.25, 0.3) is 0 Å². The molecule has 0 aliphatic carbocycles. The van der Waals surface area contributed by atoms with Gasteiger partial charge in [0.2, 0.25) is 0 Å². The van der Waals surface area contributed by atoms with Gasteiger partial charge in [-0.1, -0.05) is 0 Å². The molecule has 0 N–H and O–H groups in total. The van der Waals surface area contributed by atoms with Gasteiger partial charge in [-0.15, -0.1) is 6.58 Å². The highest BCUT2D eigenvalue weighted by Gasteiger charge is 2.30. The minimum absolute atomic E-state index is 0.620. The SMILES string of the molecule is C=C[Si](C=COCC)(OCC)OCC. The van der Waals surface area contributed by atoms with Crippen LogP contribution in [0.15, 0.2) is 24.2 Å². The third kappa shape index (κ3) is 4.60. The van der Waals surface area contributed by atoms with E-state index >= 15 is 0 Å². The molecule has 0 fully saturated rings. The molecule has 0 aromatic carbocycles. The maximum Gasteiger partial charge on any atom is 0.394 e. The van der Waals surface area contributed by atoms with Crippen molar-refractivity contribution in [2.75, 3.05) is 19.8 Å². The Morgan fingerprint density at radius 3 is 2.00 bits per heavy atom. The Morgan fingerprint density at radius 2 is 1.64 bits per heavy atom. The smallest absolute Gasteiger partial charge is 0.394 e. The summed E-state index contributed by atoms with van der Waals surface area (Å²) in [5.74, 6) is 0. The van der Waals surface area contributed by atoms with Gasteiger partial charge < -0.3 is 13.6 Å². The Labute approximate surface area is 87.6 Å².